The van der Waals surface area contributed by atoms with Crippen LogP contribution in [0.3, 0.4) is 0 Å². The molecule has 1 atom stereocenters. The van der Waals surface area contributed by atoms with Gasteiger partial charge in [-0.2, -0.15) is 0 Å². The fraction of sp³-hybridized carbons (Fsp3) is 0.597. The molecular formula is C77H122O6. The molecule has 0 N–H and O–H groups in total. The van der Waals surface area contributed by atoms with Gasteiger partial charge in [-0.3, -0.25) is 14.4 Å². The van der Waals surface area contributed by atoms with Crippen molar-refractivity contribution in [1.82, 2.24) is 0 Å². The van der Waals surface area contributed by atoms with Crippen LogP contribution in [0, 0.1) is 0 Å². The summed E-state index contributed by atoms with van der Waals surface area (Å²) >= 11 is 0. The Morgan fingerprint density at radius 1 is 0.241 bits per heavy atom. The molecule has 0 saturated heterocycles. The van der Waals surface area contributed by atoms with Gasteiger partial charge in [-0.15, -0.1) is 0 Å². The molecule has 0 heterocycles. The molecule has 6 nitrogen and oxygen atoms in total. The summed E-state index contributed by atoms with van der Waals surface area (Å²) in [7, 11) is 0. The summed E-state index contributed by atoms with van der Waals surface area (Å²) in [5.41, 5.74) is 0. The standard InChI is InChI=1S/C77H122O6/c1-4-7-10-13-16-19-22-25-28-30-32-34-36-37-38-39-41-42-44-46-49-52-55-58-61-64-67-70-76(79)82-73-74(72-81-75(78)69-66-63-60-57-54-51-48-27-24-21-18-15-12-9-6-3)83-77(80)71-68-65-62-59-56-53-50-47-45-43-40-35-33-31-29-26-23-20-17-14-11-8-5-2/h7-12,16-21,25-29,32-35,43,45,48,50,53-54,57,74H,4-6,13-15,22-24,30-31,36-42,44,46-47,49,51-52,55-56,58-73H2,1-3H3/b10-7-,11-8-,12-9-,19-16-,20-17-,21-18-,28-25-,29-26-,34-32-,35-33-,45-43-,48-27-,53-50-,57-54-. The van der Waals surface area contributed by atoms with Crippen LogP contribution in [-0.4, -0.2) is 37.2 Å². The number of hydrogen-bond acceptors (Lipinski definition) is 6. The van der Waals surface area contributed by atoms with E-state index in [4.69, 9.17) is 14.2 Å². The predicted octanol–water partition coefficient (Wildman–Crippen LogP) is 23.4. The van der Waals surface area contributed by atoms with E-state index in [1.807, 2.05) is 0 Å². The summed E-state index contributed by atoms with van der Waals surface area (Å²) in [6.45, 7) is 6.25. The summed E-state index contributed by atoms with van der Waals surface area (Å²) in [5, 5.41) is 0. The van der Waals surface area contributed by atoms with Crippen molar-refractivity contribution in [2.24, 2.45) is 0 Å². The maximum Gasteiger partial charge on any atom is 0.306 e. The van der Waals surface area contributed by atoms with Crippen LogP contribution < -0.4 is 0 Å². The summed E-state index contributed by atoms with van der Waals surface area (Å²) in [6.07, 6.45) is 102. The summed E-state index contributed by atoms with van der Waals surface area (Å²) in [5.74, 6) is -0.979. The van der Waals surface area contributed by atoms with E-state index in [1.54, 1.807) is 0 Å². The molecule has 0 rings (SSSR count). The summed E-state index contributed by atoms with van der Waals surface area (Å²) in [4.78, 5) is 38.4. The van der Waals surface area contributed by atoms with Crippen molar-refractivity contribution < 1.29 is 28.6 Å². The Kier molecular flexibility index (Phi) is 64.9. The molecule has 0 amide bonds. The van der Waals surface area contributed by atoms with Crippen molar-refractivity contribution in [2.75, 3.05) is 13.2 Å². The average Bonchev–Trinajstić information content (AvgIpc) is 3.49. The van der Waals surface area contributed by atoms with Crippen LogP contribution in [0.25, 0.3) is 0 Å². The van der Waals surface area contributed by atoms with Gasteiger partial charge in [0.05, 0.1) is 0 Å². The molecule has 83 heavy (non-hydrogen) atoms. The van der Waals surface area contributed by atoms with Gasteiger partial charge in [-0.05, 0) is 148 Å². The zero-order chi connectivity index (χ0) is 59.9. The minimum absolute atomic E-state index is 0.109. The maximum absolute atomic E-state index is 12.9. The van der Waals surface area contributed by atoms with Gasteiger partial charge in [0.1, 0.15) is 13.2 Å². The van der Waals surface area contributed by atoms with E-state index in [-0.39, 0.29) is 37.5 Å². The first-order valence-electron chi connectivity index (χ1n) is 33.6. The van der Waals surface area contributed by atoms with Crippen LogP contribution in [0.4, 0.5) is 0 Å². The Morgan fingerprint density at radius 3 is 0.699 bits per heavy atom. The first kappa shape index (κ1) is 77.8. The molecule has 0 aliphatic carbocycles. The fourth-order valence-corrected chi connectivity index (χ4v) is 8.78. The lowest BCUT2D eigenvalue weighted by molar-refractivity contribution is -0.167. The monoisotopic (exact) mass is 1140 g/mol. The Bertz CT molecular complexity index is 1890. The van der Waals surface area contributed by atoms with Gasteiger partial charge in [-0.1, -0.05) is 281 Å². The molecule has 0 aromatic heterocycles. The van der Waals surface area contributed by atoms with Gasteiger partial charge >= 0.3 is 17.9 Å². The number of carbonyl (C=O) groups is 3. The van der Waals surface area contributed by atoms with Crippen LogP contribution in [-0.2, 0) is 28.6 Å². The van der Waals surface area contributed by atoms with E-state index in [0.29, 0.717) is 19.3 Å². The maximum atomic E-state index is 12.9. The highest BCUT2D eigenvalue weighted by atomic mass is 16.6. The largest absolute Gasteiger partial charge is 0.462 e. The van der Waals surface area contributed by atoms with E-state index in [2.05, 4.69) is 191 Å². The molecule has 6 heteroatoms. The highest BCUT2D eigenvalue weighted by Crippen LogP contribution is 2.15. The molecular weight excluding hydrogens is 1020 g/mol. The van der Waals surface area contributed by atoms with Crippen molar-refractivity contribution in [3.8, 4) is 0 Å². The smallest absolute Gasteiger partial charge is 0.306 e. The van der Waals surface area contributed by atoms with Crippen molar-refractivity contribution in [1.29, 1.82) is 0 Å². The Balaban J connectivity index is 4.43. The lowest BCUT2D eigenvalue weighted by atomic mass is 10.0. The molecule has 0 fully saturated rings. The van der Waals surface area contributed by atoms with Gasteiger partial charge in [0.2, 0.25) is 0 Å². The third-order valence-electron chi connectivity index (χ3n) is 13.7. The first-order valence-corrected chi connectivity index (χ1v) is 33.6. The quantitative estimate of drug-likeness (QED) is 0.0261. The molecule has 0 bridgehead atoms. The zero-order valence-electron chi connectivity index (χ0n) is 53.4. The number of allylic oxidation sites excluding steroid dienone is 28. The molecule has 0 aliphatic heterocycles. The van der Waals surface area contributed by atoms with E-state index < -0.39 is 6.10 Å². The van der Waals surface area contributed by atoms with E-state index in [1.165, 1.54) is 77.0 Å². The molecule has 466 valence electrons. The summed E-state index contributed by atoms with van der Waals surface area (Å²) in [6, 6.07) is 0. The average molecular weight is 1140 g/mol. The SMILES string of the molecule is CC/C=C\C/C=C\C/C=C\C/C=C\C/C=C\C/C=C\CCCCCCC(=O)OC(COC(=O)CCCC/C=C\C/C=C\C/C=C\C/C=C\CC)COC(=O)CCCCCCCCCCCCCCCC/C=C\C/C=C\C/C=C\C/C=C\CC. The number of hydrogen-bond donors (Lipinski definition) is 0. The number of rotatable bonds is 59. The Hall–Kier alpha value is -5.23. The Morgan fingerprint density at radius 2 is 0.434 bits per heavy atom. The topological polar surface area (TPSA) is 78.9 Å². The second-order valence-corrected chi connectivity index (χ2v) is 21.6. The van der Waals surface area contributed by atoms with Crippen LogP contribution in [0.15, 0.2) is 170 Å². The van der Waals surface area contributed by atoms with Crippen LogP contribution in [0.1, 0.15) is 278 Å². The van der Waals surface area contributed by atoms with Crippen molar-refractivity contribution in [3.63, 3.8) is 0 Å². The lowest BCUT2D eigenvalue weighted by Gasteiger charge is -2.18. The first-order chi connectivity index (χ1) is 41.0. The van der Waals surface area contributed by atoms with Crippen LogP contribution >= 0.6 is 0 Å². The molecule has 0 aromatic rings. The van der Waals surface area contributed by atoms with Gasteiger partial charge in [0.25, 0.3) is 0 Å². The molecule has 0 aromatic carbocycles. The van der Waals surface area contributed by atoms with E-state index in [9.17, 15) is 14.4 Å². The second-order valence-electron chi connectivity index (χ2n) is 21.6. The Labute approximate surface area is 511 Å². The minimum atomic E-state index is -0.820. The fourth-order valence-electron chi connectivity index (χ4n) is 8.78. The highest BCUT2D eigenvalue weighted by Gasteiger charge is 2.19. The zero-order valence-corrected chi connectivity index (χ0v) is 53.4. The number of carbonyl (C=O) groups excluding carboxylic acids is 3. The van der Waals surface area contributed by atoms with Gasteiger partial charge in [0, 0.05) is 19.3 Å². The van der Waals surface area contributed by atoms with Gasteiger partial charge < -0.3 is 14.2 Å². The molecule has 0 saturated carbocycles. The third kappa shape index (κ3) is 67.4. The van der Waals surface area contributed by atoms with Crippen molar-refractivity contribution >= 4 is 17.9 Å². The minimum Gasteiger partial charge on any atom is -0.462 e. The number of ether oxygens (including phenoxy) is 3. The van der Waals surface area contributed by atoms with Crippen molar-refractivity contribution in [2.45, 2.75) is 284 Å². The van der Waals surface area contributed by atoms with E-state index >= 15 is 0 Å². The second kappa shape index (κ2) is 69.3. The highest BCUT2D eigenvalue weighted by molar-refractivity contribution is 5.71. The summed E-state index contributed by atoms with van der Waals surface area (Å²) < 4.78 is 16.9. The lowest BCUT2D eigenvalue weighted by Crippen LogP contribution is -2.30. The van der Waals surface area contributed by atoms with Crippen LogP contribution in [0.2, 0.25) is 0 Å². The molecule has 0 aliphatic rings. The molecule has 0 spiro atoms. The number of unbranched alkanes of at least 4 members (excludes halogenated alkanes) is 20. The predicted molar refractivity (Wildman–Crippen MR) is 361 cm³/mol. The molecule has 1 unspecified atom stereocenters. The third-order valence-corrected chi connectivity index (χ3v) is 13.7. The van der Waals surface area contributed by atoms with E-state index in [0.717, 1.165) is 154 Å². The van der Waals surface area contributed by atoms with Gasteiger partial charge in [0.15, 0.2) is 6.10 Å². The number of esters is 3. The van der Waals surface area contributed by atoms with Gasteiger partial charge in [-0.25, -0.2) is 0 Å². The molecule has 0 radical (unpaired) electrons. The van der Waals surface area contributed by atoms with Crippen LogP contribution in [0.5, 0.6) is 0 Å². The van der Waals surface area contributed by atoms with Crippen molar-refractivity contribution in [3.05, 3.63) is 170 Å². The normalized spacial score (nSPS) is 13.2.